The molecule has 0 atom stereocenters. The average Bonchev–Trinajstić information content (AvgIpc) is 2.54. The van der Waals surface area contributed by atoms with E-state index in [0.29, 0.717) is 5.69 Å². The minimum atomic E-state index is -3.25. The summed E-state index contributed by atoms with van der Waals surface area (Å²) < 4.78 is 23.2. The van der Waals surface area contributed by atoms with Gasteiger partial charge in [-0.15, -0.1) is 0 Å². The molecule has 7 heteroatoms. The van der Waals surface area contributed by atoms with E-state index in [9.17, 15) is 8.42 Å². The van der Waals surface area contributed by atoms with E-state index in [2.05, 4.69) is 15.0 Å². The first-order valence-electron chi connectivity index (χ1n) is 7.21. The lowest BCUT2D eigenvalue weighted by atomic mass is 9.99. The third kappa shape index (κ3) is 3.11. The summed E-state index contributed by atoms with van der Waals surface area (Å²) >= 11 is 0. The molecule has 0 radical (unpaired) electrons. The number of rotatable bonds is 3. The monoisotopic (exact) mass is 340 g/mol. The maximum atomic E-state index is 11.6. The zero-order chi connectivity index (χ0) is 17.3. The smallest absolute Gasteiger partial charge is 0.220 e. The Balaban J connectivity index is 2.21. The normalized spacial score (nSPS) is 11.4. The van der Waals surface area contributed by atoms with Crippen LogP contribution in [-0.2, 0) is 9.84 Å². The number of anilines is 1. The zero-order valence-electron chi connectivity index (χ0n) is 13.3. The summed E-state index contributed by atoms with van der Waals surface area (Å²) in [6.45, 7) is 1.86. The highest BCUT2D eigenvalue weighted by molar-refractivity contribution is 7.90. The quantitative estimate of drug-likeness (QED) is 0.786. The lowest BCUT2D eigenvalue weighted by Crippen LogP contribution is -2.03. The number of benzene rings is 1. The van der Waals surface area contributed by atoms with Gasteiger partial charge in [-0.1, -0.05) is 18.2 Å². The van der Waals surface area contributed by atoms with Crippen molar-refractivity contribution in [2.75, 3.05) is 12.0 Å². The van der Waals surface area contributed by atoms with Crippen LogP contribution in [-0.4, -0.2) is 29.6 Å². The molecule has 2 aromatic heterocycles. The molecule has 3 aromatic rings. The van der Waals surface area contributed by atoms with E-state index in [1.807, 2.05) is 19.1 Å². The van der Waals surface area contributed by atoms with Crippen molar-refractivity contribution in [3.8, 4) is 22.4 Å². The highest BCUT2D eigenvalue weighted by Gasteiger charge is 2.15. The Bertz CT molecular complexity index is 985. The highest BCUT2D eigenvalue weighted by Crippen LogP contribution is 2.33. The Hall–Kier alpha value is -2.80. The lowest BCUT2D eigenvalue weighted by Gasteiger charge is -2.12. The first-order valence-corrected chi connectivity index (χ1v) is 9.10. The van der Waals surface area contributed by atoms with E-state index >= 15 is 0 Å². The highest BCUT2D eigenvalue weighted by atomic mass is 32.2. The van der Waals surface area contributed by atoms with E-state index in [4.69, 9.17) is 5.73 Å². The van der Waals surface area contributed by atoms with Crippen molar-refractivity contribution in [3.05, 3.63) is 54.5 Å². The Morgan fingerprint density at radius 1 is 1.00 bits per heavy atom. The lowest BCUT2D eigenvalue weighted by molar-refractivity contribution is 0.602. The number of nitrogens with zero attached hydrogens (tertiary/aromatic N) is 3. The molecular weight excluding hydrogens is 324 g/mol. The number of nitrogens with two attached hydrogens (primary N) is 1. The number of aromatic nitrogens is 3. The molecular formula is C17H16N4O2S. The number of nitrogen functional groups attached to an aromatic ring is 1. The van der Waals surface area contributed by atoms with Gasteiger partial charge >= 0.3 is 0 Å². The van der Waals surface area contributed by atoms with Gasteiger partial charge in [0, 0.05) is 35.3 Å². The first kappa shape index (κ1) is 16.1. The molecule has 3 rings (SSSR count). The molecule has 0 saturated carbocycles. The molecule has 0 unspecified atom stereocenters. The van der Waals surface area contributed by atoms with Gasteiger partial charge in [0.2, 0.25) is 5.95 Å². The number of sulfone groups is 1. The van der Waals surface area contributed by atoms with Gasteiger partial charge in [0.25, 0.3) is 0 Å². The second kappa shape index (κ2) is 6.01. The summed E-state index contributed by atoms with van der Waals surface area (Å²) in [6, 6.07) is 10.3. The van der Waals surface area contributed by atoms with Crippen molar-refractivity contribution in [3.63, 3.8) is 0 Å². The molecule has 6 nitrogen and oxygen atoms in total. The fourth-order valence-electron chi connectivity index (χ4n) is 2.52. The molecule has 0 aliphatic carbocycles. The summed E-state index contributed by atoms with van der Waals surface area (Å²) in [7, 11) is -3.25. The van der Waals surface area contributed by atoms with E-state index in [0.717, 1.165) is 22.4 Å². The molecule has 122 valence electrons. The topological polar surface area (TPSA) is 98.8 Å². The fraction of sp³-hybridized carbons (Fsp3) is 0.118. The van der Waals surface area contributed by atoms with Crippen molar-refractivity contribution in [1.82, 2.24) is 15.0 Å². The maximum Gasteiger partial charge on any atom is 0.220 e. The molecule has 0 aliphatic rings. The van der Waals surface area contributed by atoms with E-state index in [1.165, 1.54) is 6.26 Å². The molecule has 2 heterocycles. The van der Waals surface area contributed by atoms with Gasteiger partial charge in [0.1, 0.15) is 0 Å². The molecule has 1 aromatic carbocycles. The largest absolute Gasteiger partial charge is 0.368 e. The number of hydrogen-bond donors (Lipinski definition) is 1. The standard InChI is InChI=1S/C17H16N4O2S/c1-11-15(13-4-3-9-19-10-13)16(21-17(18)20-11)12-5-7-14(8-6-12)24(2,22)23/h3-10H,1-2H3,(H2,18,20,21). The zero-order valence-corrected chi connectivity index (χ0v) is 14.1. The number of hydrogen-bond acceptors (Lipinski definition) is 6. The van der Waals surface area contributed by atoms with Gasteiger partial charge in [0.15, 0.2) is 9.84 Å². The van der Waals surface area contributed by atoms with Crippen LogP contribution in [0, 0.1) is 6.92 Å². The van der Waals surface area contributed by atoms with E-state index in [1.54, 1.807) is 36.7 Å². The summed E-state index contributed by atoms with van der Waals surface area (Å²) in [5.41, 5.74) is 9.65. The van der Waals surface area contributed by atoms with Crippen molar-refractivity contribution >= 4 is 15.8 Å². The predicted octanol–water partition coefficient (Wildman–Crippen LogP) is 2.50. The third-order valence-electron chi connectivity index (χ3n) is 3.61. The molecule has 0 amide bonds. The summed E-state index contributed by atoms with van der Waals surface area (Å²) in [4.78, 5) is 13.0. The van der Waals surface area contributed by atoms with Crippen LogP contribution in [0.3, 0.4) is 0 Å². The summed E-state index contributed by atoms with van der Waals surface area (Å²) in [6.07, 6.45) is 4.60. The Kier molecular flexibility index (Phi) is 4.02. The molecule has 24 heavy (non-hydrogen) atoms. The Morgan fingerprint density at radius 2 is 1.71 bits per heavy atom. The minimum absolute atomic E-state index is 0.169. The van der Waals surface area contributed by atoms with Crippen molar-refractivity contribution < 1.29 is 8.42 Å². The van der Waals surface area contributed by atoms with Crippen LogP contribution >= 0.6 is 0 Å². The van der Waals surface area contributed by atoms with Crippen LogP contribution < -0.4 is 5.73 Å². The van der Waals surface area contributed by atoms with Gasteiger partial charge in [-0.2, -0.15) is 0 Å². The van der Waals surface area contributed by atoms with Gasteiger partial charge in [-0.05, 0) is 25.1 Å². The van der Waals surface area contributed by atoms with Crippen LogP contribution in [0.15, 0.2) is 53.7 Å². The van der Waals surface area contributed by atoms with E-state index < -0.39 is 9.84 Å². The number of aryl methyl sites for hydroxylation is 1. The SMILES string of the molecule is Cc1nc(N)nc(-c2ccc(S(C)(=O)=O)cc2)c1-c1cccnc1. The second-order valence-electron chi connectivity index (χ2n) is 5.43. The fourth-order valence-corrected chi connectivity index (χ4v) is 3.15. The van der Waals surface area contributed by atoms with Gasteiger partial charge in [-0.3, -0.25) is 4.98 Å². The van der Waals surface area contributed by atoms with Crippen LogP contribution in [0.2, 0.25) is 0 Å². The average molecular weight is 340 g/mol. The molecule has 2 N–H and O–H groups in total. The molecule has 0 spiro atoms. The second-order valence-corrected chi connectivity index (χ2v) is 7.44. The van der Waals surface area contributed by atoms with Crippen molar-refractivity contribution in [2.24, 2.45) is 0 Å². The maximum absolute atomic E-state index is 11.6. The van der Waals surface area contributed by atoms with Crippen LogP contribution in [0.1, 0.15) is 5.69 Å². The van der Waals surface area contributed by atoms with Gasteiger partial charge < -0.3 is 5.73 Å². The summed E-state index contributed by atoms with van der Waals surface area (Å²) in [5, 5.41) is 0. The Morgan fingerprint density at radius 3 is 2.29 bits per heavy atom. The van der Waals surface area contributed by atoms with Crippen LogP contribution in [0.5, 0.6) is 0 Å². The van der Waals surface area contributed by atoms with Crippen LogP contribution in [0.4, 0.5) is 5.95 Å². The van der Waals surface area contributed by atoms with Crippen LogP contribution in [0.25, 0.3) is 22.4 Å². The summed E-state index contributed by atoms with van der Waals surface area (Å²) in [5.74, 6) is 0.169. The minimum Gasteiger partial charge on any atom is -0.368 e. The Labute approximate surface area is 140 Å². The molecule has 0 aliphatic heterocycles. The first-order chi connectivity index (χ1) is 11.4. The van der Waals surface area contributed by atoms with Gasteiger partial charge in [0.05, 0.1) is 16.3 Å². The van der Waals surface area contributed by atoms with Crippen molar-refractivity contribution in [2.45, 2.75) is 11.8 Å². The predicted molar refractivity (Wildman–Crippen MR) is 93.0 cm³/mol. The molecule has 0 fully saturated rings. The molecule has 0 bridgehead atoms. The van der Waals surface area contributed by atoms with Gasteiger partial charge in [-0.25, -0.2) is 18.4 Å². The third-order valence-corrected chi connectivity index (χ3v) is 4.74. The number of pyridine rings is 1. The van der Waals surface area contributed by atoms with E-state index in [-0.39, 0.29) is 10.8 Å². The van der Waals surface area contributed by atoms with Crippen molar-refractivity contribution in [1.29, 1.82) is 0 Å². The molecule has 0 saturated heterocycles.